The quantitative estimate of drug-likeness (QED) is 0.576. The topological polar surface area (TPSA) is 84.5 Å². The largest absolute Gasteiger partial charge is 0.497 e. The van der Waals surface area contributed by atoms with Crippen LogP contribution in [0.25, 0.3) is 0 Å². The third-order valence-electron chi connectivity index (χ3n) is 4.36. The molecular weight excluding hydrogens is 407 g/mol. The zero-order valence-electron chi connectivity index (χ0n) is 16.2. The smallest absolute Gasteiger partial charge is 0.242 e. The predicted molar refractivity (Wildman–Crippen MR) is 112 cm³/mol. The van der Waals surface area contributed by atoms with E-state index in [1.165, 1.54) is 7.11 Å². The second-order valence-electron chi connectivity index (χ2n) is 6.54. The minimum Gasteiger partial charge on any atom is -0.497 e. The molecule has 0 radical (unpaired) electrons. The molecule has 2 N–H and O–H groups in total. The van der Waals surface area contributed by atoms with Crippen LogP contribution in [0.3, 0.4) is 0 Å². The normalized spacial score (nSPS) is 12.2. The number of nitrogens with one attached hydrogen (secondary N) is 2. The van der Waals surface area contributed by atoms with Crippen molar-refractivity contribution in [3.8, 4) is 5.75 Å². The SMILES string of the molecule is COc1cccc(NC(=O)[C@@H](Cc2ccccc2)NS(=O)(=O)c2ccc(F)cc2)c1. The Morgan fingerprint density at radius 3 is 2.37 bits per heavy atom. The number of rotatable bonds is 8. The number of hydrogen-bond acceptors (Lipinski definition) is 4. The molecule has 0 heterocycles. The van der Waals surface area contributed by atoms with Crippen LogP contribution in [0.2, 0.25) is 0 Å². The lowest BCUT2D eigenvalue weighted by Crippen LogP contribution is -2.45. The molecule has 0 saturated heterocycles. The number of sulfonamides is 1. The van der Waals surface area contributed by atoms with Crippen LogP contribution < -0.4 is 14.8 Å². The lowest BCUT2D eigenvalue weighted by molar-refractivity contribution is -0.117. The molecule has 1 atom stereocenters. The van der Waals surface area contributed by atoms with Gasteiger partial charge in [0.1, 0.15) is 17.6 Å². The number of halogens is 1. The molecular formula is C22H21FN2O4S. The zero-order valence-corrected chi connectivity index (χ0v) is 17.0. The summed E-state index contributed by atoms with van der Waals surface area (Å²) in [7, 11) is -2.54. The molecule has 3 aromatic carbocycles. The molecule has 30 heavy (non-hydrogen) atoms. The molecule has 6 nitrogen and oxygen atoms in total. The van der Waals surface area contributed by atoms with E-state index >= 15 is 0 Å². The van der Waals surface area contributed by atoms with E-state index in [0.29, 0.717) is 11.4 Å². The molecule has 3 aromatic rings. The molecule has 0 aromatic heterocycles. The first-order chi connectivity index (χ1) is 14.4. The Morgan fingerprint density at radius 2 is 1.70 bits per heavy atom. The summed E-state index contributed by atoms with van der Waals surface area (Å²) >= 11 is 0. The van der Waals surface area contributed by atoms with Crippen LogP contribution >= 0.6 is 0 Å². The van der Waals surface area contributed by atoms with Gasteiger partial charge in [-0.3, -0.25) is 4.79 Å². The summed E-state index contributed by atoms with van der Waals surface area (Å²) < 4.78 is 46.3. The number of ether oxygens (including phenoxy) is 1. The van der Waals surface area contributed by atoms with Gasteiger partial charge in [0.25, 0.3) is 0 Å². The number of hydrogen-bond donors (Lipinski definition) is 2. The first-order valence-electron chi connectivity index (χ1n) is 9.14. The van der Waals surface area contributed by atoms with Crippen LogP contribution in [0, 0.1) is 5.82 Å². The van der Waals surface area contributed by atoms with Gasteiger partial charge in [0.15, 0.2) is 0 Å². The van der Waals surface area contributed by atoms with Crippen LogP contribution in [-0.2, 0) is 21.2 Å². The van der Waals surface area contributed by atoms with Gasteiger partial charge < -0.3 is 10.1 Å². The average molecular weight is 428 g/mol. The highest BCUT2D eigenvalue weighted by molar-refractivity contribution is 7.89. The Kier molecular flexibility index (Phi) is 6.81. The number of anilines is 1. The van der Waals surface area contributed by atoms with Crippen molar-refractivity contribution in [1.29, 1.82) is 0 Å². The molecule has 0 saturated carbocycles. The fourth-order valence-corrected chi connectivity index (χ4v) is 4.03. The predicted octanol–water partition coefficient (Wildman–Crippen LogP) is 3.36. The van der Waals surface area contributed by atoms with Crippen LogP contribution in [0.15, 0.2) is 83.8 Å². The van der Waals surface area contributed by atoms with Crippen LogP contribution in [0.1, 0.15) is 5.56 Å². The Morgan fingerprint density at radius 1 is 1.00 bits per heavy atom. The second kappa shape index (κ2) is 9.51. The fraction of sp³-hybridized carbons (Fsp3) is 0.136. The maximum absolute atomic E-state index is 13.2. The van der Waals surface area contributed by atoms with Crippen molar-refractivity contribution in [3.63, 3.8) is 0 Å². The Labute approximate surface area is 174 Å². The Hall–Kier alpha value is -3.23. The molecule has 0 spiro atoms. The first kappa shape index (κ1) is 21.5. The van der Waals surface area contributed by atoms with Crippen molar-refractivity contribution >= 4 is 21.6 Å². The zero-order chi connectivity index (χ0) is 21.6. The standard InChI is InChI=1S/C22H21FN2O4S/c1-29-19-9-5-8-18(15-19)24-22(26)21(14-16-6-3-2-4-7-16)25-30(27,28)20-12-10-17(23)11-13-20/h2-13,15,21,25H,14H2,1H3,(H,24,26)/t21-/m1/s1. The van der Waals surface area contributed by atoms with Gasteiger partial charge in [-0.1, -0.05) is 36.4 Å². The van der Waals surface area contributed by atoms with Crippen LogP contribution in [0.5, 0.6) is 5.75 Å². The van der Waals surface area contributed by atoms with Crippen molar-refractivity contribution in [1.82, 2.24) is 4.72 Å². The molecule has 0 bridgehead atoms. The summed E-state index contributed by atoms with van der Waals surface area (Å²) in [6.45, 7) is 0. The highest BCUT2D eigenvalue weighted by atomic mass is 32.2. The second-order valence-corrected chi connectivity index (χ2v) is 8.25. The van der Waals surface area contributed by atoms with E-state index in [9.17, 15) is 17.6 Å². The third-order valence-corrected chi connectivity index (χ3v) is 5.85. The van der Waals surface area contributed by atoms with Crippen molar-refractivity contribution in [2.75, 3.05) is 12.4 Å². The van der Waals surface area contributed by atoms with Gasteiger partial charge in [-0.15, -0.1) is 0 Å². The Bertz CT molecular complexity index is 1100. The van der Waals surface area contributed by atoms with Gasteiger partial charge in [-0.2, -0.15) is 4.72 Å². The van der Waals surface area contributed by atoms with E-state index in [4.69, 9.17) is 4.74 Å². The van der Waals surface area contributed by atoms with Crippen molar-refractivity contribution in [2.24, 2.45) is 0 Å². The summed E-state index contributed by atoms with van der Waals surface area (Å²) in [6, 6.07) is 19.1. The van der Waals surface area contributed by atoms with Gasteiger partial charge in [-0.05, 0) is 48.4 Å². The molecule has 3 rings (SSSR count). The molecule has 8 heteroatoms. The summed E-state index contributed by atoms with van der Waals surface area (Å²) in [6.07, 6.45) is 0.136. The van der Waals surface area contributed by atoms with Crippen LogP contribution in [-0.4, -0.2) is 27.5 Å². The number of amides is 1. The molecule has 1 amide bonds. The minimum absolute atomic E-state index is 0.129. The van der Waals surface area contributed by atoms with E-state index in [0.717, 1.165) is 29.8 Å². The van der Waals surface area contributed by atoms with Gasteiger partial charge in [0.05, 0.1) is 12.0 Å². The first-order valence-corrected chi connectivity index (χ1v) is 10.6. The van der Waals surface area contributed by atoms with E-state index in [1.807, 2.05) is 6.07 Å². The molecule has 0 fully saturated rings. The number of benzene rings is 3. The van der Waals surface area contributed by atoms with Gasteiger partial charge in [-0.25, -0.2) is 12.8 Å². The summed E-state index contributed by atoms with van der Waals surface area (Å²) in [5.74, 6) is -0.525. The maximum Gasteiger partial charge on any atom is 0.242 e. The highest BCUT2D eigenvalue weighted by Crippen LogP contribution is 2.18. The van der Waals surface area contributed by atoms with Crippen molar-refractivity contribution in [2.45, 2.75) is 17.4 Å². The summed E-state index contributed by atoms with van der Waals surface area (Å²) in [5.41, 5.74) is 1.25. The van der Waals surface area contributed by atoms with E-state index in [2.05, 4.69) is 10.0 Å². The maximum atomic E-state index is 13.2. The van der Waals surface area contributed by atoms with E-state index < -0.39 is 27.8 Å². The number of carbonyl (C=O) groups excluding carboxylic acids is 1. The van der Waals surface area contributed by atoms with Gasteiger partial charge in [0.2, 0.25) is 15.9 Å². The number of carbonyl (C=O) groups is 1. The molecule has 156 valence electrons. The summed E-state index contributed by atoms with van der Waals surface area (Å²) in [5, 5.41) is 2.71. The monoisotopic (exact) mass is 428 g/mol. The number of methoxy groups -OCH3 is 1. The lowest BCUT2D eigenvalue weighted by atomic mass is 10.1. The molecule has 0 aliphatic carbocycles. The Balaban J connectivity index is 1.85. The summed E-state index contributed by atoms with van der Waals surface area (Å²) in [4.78, 5) is 12.8. The minimum atomic E-state index is -4.05. The lowest BCUT2D eigenvalue weighted by Gasteiger charge is -2.19. The molecule has 0 unspecified atom stereocenters. The van der Waals surface area contributed by atoms with Crippen LogP contribution in [0.4, 0.5) is 10.1 Å². The fourth-order valence-electron chi connectivity index (χ4n) is 2.84. The highest BCUT2D eigenvalue weighted by Gasteiger charge is 2.26. The average Bonchev–Trinajstić information content (AvgIpc) is 2.74. The van der Waals surface area contributed by atoms with E-state index in [-0.39, 0.29) is 11.3 Å². The van der Waals surface area contributed by atoms with E-state index in [1.54, 1.807) is 48.5 Å². The van der Waals surface area contributed by atoms with Gasteiger partial charge in [0, 0.05) is 11.8 Å². The van der Waals surface area contributed by atoms with Crippen molar-refractivity contribution < 1.29 is 22.3 Å². The molecule has 0 aliphatic rings. The molecule has 0 aliphatic heterocycles. The van der Waals surface area contributed by atoms with Crippen molar-refractivity contribution in [3.05, 3.63) is 90.2 Å². The third kappa shape index (κ3) is 5.65. The van der Waals surface area contributed by atoms with Gasteiger partial charge >= 0.3 is 0 Å².